The van der Waals surface area contributed by atoms with Crippen molar-refractivity contribution in [2.75, 3.05) is 11.1 Å². The van der Waals surface area contributed by atoms with Gasteiger partial charge in [0.05, 0.1) is 24.2 Å². The van der Waals surface area contributed by atoms with E-state index in [1.807, 2.05) is 12.1 Å². The molecule has 0 spiro atoms. The molecule has 16 heavy (non-hydrogen) atoms. The predicted octanol–water partition coefficient (Wildman–Crippen LogP) is 2.23. The van der Waals surface area contributed by atoms with Crippen molar-refractivity contribution in [1.82, 2.24) is 9.97 Å². The Morgan fingerprint density at radius 1 is 1.50 bits per heavy atom. The summed E-state index contributed by atoms with van der Waals surface area (Å²) in [6.45, 7) is 2.28. The lowest BCUT2D eigenvalue weighted by Crippen LogP contribution is -2.07. The van der Waals surface area contributed by atoms with Gasteiger partial charge in [-0.2, -0.15) is 4.98 Å². The SMILES string of the molecule is Cc1nc(Cl)nc(NCc2ccco2)c1N. The summed E-state index contributed by atoms with van der Waals surface area (Å²) in [4.78, 5) is 7.95. The van der Waals surface area contributed by atoms with Gasteiger partial charge < -0.3 is 15.5 Å². The van der Waals surface area contributed by atoms with Crippen molar-refractivity contribution in [3.8, 4) is 0 Å². The molecule has 2 aromatic rings. The number of anilines is 2. The van der Waals surface area contributed by atoms with Crippen LogP contribution in [0.15, 0.2) is 22.8 Å². The Hall–Kier alpha value is -1.75. The van der Waals surface area contributed by atoms with E-state index in [0.717, 1.165) is 5.76 Å². The number of hydrogen-bond donors (Lipinski definition) is 2. The summed E-state index contributed by atoms with van der Waals surface area (Å²) in [7, 11) is 0. The minimum absolute atomic E-state index is 0.175. The molecule has 0 radical (unpaired) electrons. The Labute approximate surface area is 97.6 Å². The van der Waals surface area contributed by atoms with E-state index in [1.165, 1.54) is 0 Å². The second-order valence-corrected chi connectivity index (χ2v) is 3.61. The number of nitrogens with zero attached hydrogens (tertiary/aromatic N) is 2. The van der Waals surface area contributed by atoms with E-state index in [4.69, 9.17) is 21.8 Å². The Morgan fingerprint density at radius 2 is 2.31 bits per heavy atom. The minimum atomic E-state index is 0.175. The monoisotopic (exact) mass is 238 g/mol. The molecule has 0 aromatic carbocycles. The molecule has 0 saturated carbocycles. The zero-order chi connectivity index (χ0) is 11.5. The molecule has 0 atom stereocenters. The van der Waals surface area contributed by atoms with Crippen molar-refractivity contribution in [2.45, 2.75) is 13.5 Å². The molecule has 0 unspecified atom stereocenters. The van der Waals surface area contributed by atoms with E-state index in [1.54, 1.807) is 13.2 Å². The molecule has 84 valence electrons. The maximum atomic E-state index is 5.81. The fraction of sp³-hybridized carbons (Fsp3) is 0.200. The number of nitrogen functional groups attached to an aromatic ring is 1. The van der Waals surface area contributed by atoms with Gasteiger partial charge in [0.1, 0.15) is 5.76 Å². The molecule has 0 aliphatic heterocycles. The van der Waals surface area contributed by atoms with Crippen LogP contribution in [-0.2, 0) is 6.54 Å². The normalized spacial score (nSPS) is 10.4. The van der Waals surface area contributed by atoms with E-state index >= 15 is 0 Å². The van der Waals surface area contributed by atoms with Gasteiger partial charge in [-0.25, -0.2) is 4.98 Å². The molecule has 0 bridgehead atoms. The molecule has 2 rings (SSSR count). The number of furan rings is 1. The third kappa shape index (κ3) is 2.25. The van der Waals surface area contributed by atoms with Crippen LogP contribution in [0, 0.1) is 6.92 Å². The van der Waals surface area contributed by atoms with E-state index in [-0.39, 0.29) is 5.28 Å². The van der Waals surface area contributed by atoms with Crippen LogP contribution in [-0.4, -0.2) is 9.97 Å². The van der Waals surface area contributed by atoms with Gasteiger partial charge in [0.25, 0.3) is 0 Å². The molecular weight excluding hydrogens is 228 g/mol. The zero-order valence-electron chi connectivity index (χ0n) is 8.70. The molecule has 5 nitrogen and oxygen atoms in total. The minimum Gasteiger partial charge on any atom is -0.467 e. The summed E-state index contributed by atoms with van der Waals surface area (Å²) in [5.74, 6) is 1.32. The smallest absolute Gasteiger partial charge is 0.224 e. The van der Waals surface area contributed by atoms with Gasteiger partial charge >= 0.3 is 0 Å². The Balaban J connectivity index is 2.15. The molecule has 2 heterocycles. The van der Waals surface area contributed by atoms with Gasteiger partial charge in [0.2, 0.25) is 5.28 Å². The second-order valence-electron chi connectivity index (χ2n) is 3.27. The first-order valence-electron chi connectivity index (χ1n) is 4.72. The first kappa shape index (κ1) is 10.8. The van der Waals surface area contributed by atoms with Crippen molar-refractivity contribution in [1.29, 1.82) is 0 Å². The summed E-state index contributed by atoms with van der Waals surface area (Å²) in [5.41, 5.74) is 6.97. The van der Waals surface area contributed by atoms with Gasteiger partial charge in [-0.3, -0.25) is 0 Å². The average Bonchev–Trinajstić information content (AvgIpc) is 2.74. The van der Waals surface area contributed by atoms with Gasteiger partial charge in [-0.15, -0.1) is 0 Å². The summed E-state index contributed by atoms with van der Waals surface area (Å²) in [6.07, 6.45) is 1.61. The highest BCUT2D eigenvalue weighted by molar-refractivity contribution is 6.28. The molecule has 0 fully saturated rings. The lowest BCUT2D eigenvalue weighted by Gasteiger charge is -2.08. The Kier molecular flexibility index (Phi) is 2.96. The number of aromatic nitrogens is 2. The highest BCUT2D eigenvalue weighted by atomic mass is 35.5. The highest BCUT2D eigenvalue weighted by Crippen LogP contribution is 2.21. The standard InChI is InChI=1S/C10H11ClN4O/c1-6-8(12)9(15-10(11)14-6)13-5-7-3-2-4-16-7/h2-4H,5,12H2,1H3,(H,13,14,15). The van der Waals surface area contributed by atoms with Crippen molar-refractivity contribution in [3.05, 3.63) is 35.1 Å². The molecule has 0 aliphatic rings. The van der Waals surface area contributed by atoms with Crippen molar-refractivity contribution >= 4 is 23.1 Å². The second kappa shape index (κ2) is 4.40. The van der Waals surface area contributed by atoms with Gasteiger partial charge in [-0.1, -0.05) is 0 Å². The largest absolute Gasteiger partial charge is 0.467 e. The molecule has 0 saturated heterocycles. The van der Waals surface area contributed by atoms with Crippen LogP contribution in [0.25, 0.3) is 0 Å². The number of hydrogen-bond acceptors (Lipinski definition) is 5. The van der Waals surface area contributed by atoms with E-state index in [2.05, 4.69) is 15.3 Å². The first-order valence-corrected chi connectivity index (χ1v) is 5.10. The fourth-order valence-electron chi connectivity index (χ4n) is 1.27. The van der Waals surface area contributed by atoms with Gasteiger partial charge in [-0.05, 0) is 30.7 Å². The predicted molar refractivity (Wildman–Crippen MR) is 62.2 cm³/mol. The van der Waals surface area contributed by atoms with Crippen LogP contribution in [0.2, 0.25) is 5.28 Å². The van der Waals surface area contributed by atoms with Crippen LogP contribution in [0.4, 0.5) is 11.5 Å². The zero-order valence-corrected chi connectivity index (χ0v) is 9.45. The number of aryl methyl sites for hydroxylation is 1. The topological polar surface area (TPSA) is 77.0 Å². The summed E-state index contributed by atoms with van der Waals surface area (Å²) >= 11 is 5.74. The quantitative estimate of drug-likeness (QED) is 0.802. The van der Waals surface area contributed by atoms with Crippen LogP contribution in [0.1, 0.15) is 11.5 Å². The lowest BCUT2D eigenvalue weighted by atomic mass is 10.3. The summed E-state index contributed by atoms with van der Waals surface area (Å²) in [5, 5.41) is 3.22. The van der Waals surface area contributed by atoms with Crippen LogP contribution < -0.4 is 11.1 Å². The molecule has 6 heteroatoms. The van der Waals surface area contributed by atoms with Crippen LogP contribution in [0.5, 0.6) is 0 Å². The van der Waals surface area contributed by atoms with E-state index in [9.17, 15) is 0 Å². The van der Waals surface area contributed by atoms with Crippen LogP contribution >= 0.6 is 11.6 Å². The number of nitrogens with one attached hydrogen (secondary N) is 1. The molecule has 0 aliphatic carbocycles. The van der Waals surface area contributed by atoms with Crippen molar-refractivity contribution in [2.24, 2.45) is 0 Å². The van der Waals surface area contributed by atoms with Crippen molar-refractivity contribution in [3.63, 3.8) is 0 Å². The highest BCUT2D eigenvalue weighted by Gasteiger charge is 2.07. The molecule has 2 aromatic heterocycles. The maximum absolute atomic E-state index is 5.81. The van der Waals surface area contributed by atoms with Crippen LogP contribution in [0.3, 0.4) is 0 Å². The number of halogens is 1. The maximum Gasteiger partial charge on any atom is 0.224 e. The van der Waals surface area contributed by atoms with Gasteiger partial charge in [0.15, 0.2) is 5.82 Å². The third-order valence-electron chi connectivity index (χ3n) is 2.12. The number of nitrogens with two attached hydrogens (primary N) is 1. The fourth-order valence-corrected chi connectivity index (χ4v) is 1.48. The van der Waals surface area contributed by atoms with E-state index in [0.29, 0.717) is 23.7 Å². The number of rotatable bonds is 3. The van der Waals surface area contributed by atoms with Gasteiger partial charge in [0, 0.05) is 0 Å². The molecule has 3 N–H and O–H groups in total. The Morgan fingerprint density at radius 3 is 3.00 bits per heavy atom. The molecular formula is C10H11ClN4O. The van der Waals surface area contributed by atoms with E-state index < -0.39 is 0 Å². The third-order valence-corrected chi connectivity index (χ3v) is 2.29. The summed E-state index contributed by atoms with van der Waals surface area (Å²) < 4.78 is 5.18. The Bertz CT molecular complexity index is 484. The summed E-state index contributed by atoms with van der Waals surface area (Å²) in [6, 6.07) is 3.68. The molecule has 0 amide bonds. The first-order chi connectivity index (χ1) is 7.66. The van der Waals surface area contributed by atoms with Crippen molar-refractivity contribution < 1.29 is 4.42 Å². The average molecular weight is 239 g/mol. The lowest BCUT2D eigenvalue weighted by molar-refractivity contribution is 0.518.